The minimum absolute atomic E-state index is 0.167. The second-order valence-electron chi connectivity index (χ2n) is 4.31. The molecule has 0 radical (unpaired) electrons. The monoisotopic (exact) mass is 287 g/mol. The zero-order valence-electron chi connectivity index (χ0n) is 11.7. The van der Waals surface area contributed by atoms with E-state index in [2.05, 4.69) is 15.6 Å². The van der Waals surface area contributed by atoms with Crippen LogP contribution < -0.4 is 10.6 Å². The van der Waals surface area contributed by atoms with E-state index in [1.165, 1.54) is 0 Å². The number of nitrogens with zero attached hydrogens (tertiary/aromatic N) is 1. The Hall–Kier alpha value is -2.01. The Balaban J connectivity index is 2.23. The van der Waals surface area contributed by atoms with Crippen molar-refractivity contribution in [2.45, 2.75) is 11.8 Å². The van der Waals surface area contributed by atoms with Crippen molar-refractivity contribution in [3.63, 3.8) is 0 Å². The molecule has 0 spiro atoms. The SMILES string of the molecule is CNc1cc(C)ncc1C(=O)Nc1cccc(SC)c1. The molecule has 0 saturated heterocycles. The topological polar surface area (TPSA) is 54.0 Å². The van der Waals surface area contributed by atoms with Crippen LogP contribution in [-0.2, 0) is 0 Å². The Morgan fingerprint density at radius 1 is 1.30 bits per heavy atom. The second kappa shape index (κ2) is 6.43. The standard InChI is InChI=1S/C15H17N3OS/c1-10-7-14(16-2)13(9-17-10)15(19)18-11-5-4-6-12(8-11)20-3/h4-9H,1-3H3,(H,16,17)(H,18,19). The van der Waals surface area contributed by atoms with Crippen LogP contribution in [-0.4, -0.2) is 24.2 Å². The summed E-state index contributed by atoms with van der Waals surface area (Å²) >= 11 is 1.64. The minimum Gasteiger partial charge on any atom is -0.387 e. The number of anilines is 2. The minimum atomic E-state index is -0.167. The van der Waals surface area contributed by atoms with Gasteiger partial charge in [0.05, 0.1) is 11.3 Å². The molecule has 0 saturated carbocycles. The van der Waals surface area contributed by atoms with Gasteiger partial charge in [0.2, 0.25) is 0 Å². The van der Waals surface area contributed by atoms with Gasteiger partial charge < -0.3 is 10.6 Å². The normalized spacial score (nSPS) is 10.2. The molecule has 0 aliphatic rings. The van der Waals surface area contributed by atoms with Gasteiger partial charge in [-0.25, -0.2) is 0 Å². The molecule has 0 aliphatic heterocycles. The van der Waals surface area contributed by atoms with Crippen molar-refractivity contribution in [2.75, 3.05) is 23.9 Å². The highest BCUT2D eigenvalue weighted by atomic mass is 32.2. The van der Waals surface area contributed by atoms with E-state index in [9.17, 15) is 4.79 Å². The average Bonchev–Trinajstić information content (AvgIpc) is 2.47. The Labute approximate surface area is 123 Å². The van der Waals surface area contributed by atoms with Crippen LogP contribution in [0.2, 0.25) is 0 Å². The van der Waals surface area contributed by atoms with Crippen LogP contribution in [0.3, 0.4) is 0 Å². The number of aromatic nitrogens is 1. The summed E-state index contributed by atoms with van der Waals surface area (Å²) < 4.78 is 0. The van der Waals surface area contributed by atoms with E-state index in [1.54, 1.807) is 25.0 Å². The Morgan fingerprint density at radius 3 is 2.80 bits per heavy atom. The summed E-state index contributed by atoms with van der Waals surface area (Å²) in [6.07, 6.45) is 3.60. The molecule has 2 rings (SSSR count). The van der Waals surface area contributed by atoms with Gasteiger partial charge in [-0.1, -0.05) is 6.07 Å². The average molecular weight is 287 g/mol. The van der Waals surface area contributed by atoms with Crippen molar-refractivity contribution in [2.24, 2.45) is 0 Å². The predicted octanol–water partition coefficient (Wildman–Crippen LogP) is 3.41. The van der Waals surface area contributed by atoms with Crippen LogP contribution in [0.4, 0.5) is 11.4 Å². The first-order valence-corrected chi connectivity index (χ1v) is 7.46. The van der Waals surface area contributed by atoms with Gasteiger partial charge in [0, 0.05) is 29.5 Å². The van der Waals surface area contributed by atoms with Gasteiger partial charge in [-0.2, -0.15) is 0 Å². The number of rotatable bonds is 4. The van der Waals surface area contributed by atoms with Crippen molar-refractivity contribution in [3.8, 4) is 0 Å². The lowest BCUT2D eigenvalue weighted by molar-refractivity contribution is 0.102. The molecular weight excluding hydrogens is 270 g/mol. The maximum atomic E-state index is 12.3. The molecule has 4 nitrogen and oxygen atoms in total. The first kappa shape index (κ1) is 14.4. The van der Waals surface area contributed by atoms with E-state index in [-0.39, 0.29) is 5.91 Å². The van der Waals surface area contributed by atoms with E-state index in [1.807, 2.05) is 43.5 Å². The number of carbonyl (C=O) groups excluding carboxylic acids is 1. The largest absolute Gasteiger partial charge is 0.387 e. The third-order valence-electron chi connectivity index (χ3n) is 2.88. The molecule has 0 aliphatic carbocycles. The second-order valence-corrected chi connectivity index (χ2v) is 5.19. The number of benzene rings is 1. The van der Waals surface area contributed by atoms with Crippen LogP contribution >= 0.6 is 11.8 Å². The third-order valence-corrected chi connectivity index (χ3v) is 3.61. The number of thioether (sulfide) groups is 1. The van der Waals surface area contributed by atoms with Crippen LogP contribution in [0.5, 0.6) is 0 Å². The number of pyridine rings is 1. The molecule has 0 fully saturated rings. The lowest BCUT2D eigenvalue weighted by Gasteiger charge is -2.10. The van der Waals surface area contributed by atoms with Gasteiger partial charge >= 0.3 is 0 Å². The number of nitrogens with one attached hydrogen (secondary N) is 2. The fraction of sp³-hybridized carbons (Fsp3) is 0.200. The molecule has 1 amide bonds. The number of aryl methyl sites for hydroxylation is 1. The number of amides is 1. The maximum Gasteiger partial charge on any atom is 0.259 e. The van der Waals surface area contributed by atoms with Crippen molar-refractivity contribution in [1.82, 2.24) is 4.98 Å². The van der Waals surface area contributed by atoms with Crippen molar-refractivity contribution in [1.29, 1.82) is 0 Å². The summed E-state index contributed by atoms with van der Waals surface area (Å²) in [5, 5.41) is 5.92. The fourth-order valence-corrected chi connectivity index (χ4v) is 2.31. The summed E-state index contributed by atoms with van der Waals surface area (Å²) in [7, 11) is 1.79. The number of carbonyl (C=O) groups is 1. The summed E-state index contributed by atoms with van der Waals surface area (Å²) in [6, 6.07) is 9.61. The molecule has 0 atom stereocenters. The van der Waals surface area contributed by atoms with Gasteiger partial charge in [0.25, 0.3) is 5.91 Å². The van der Waals surface area contributed by atoms with Gasteiger partial charge in [-0.3, -0.25) is 9.78 Å². The summed E-state index contributed by atoms with van der Waals surface area (Å²) in [6.45, 7) is 1.89. The van der Waals surface area contributed by atoms with Gasteiger partial charge in [0.15, 0.2) is 0 Å². The highest BCUT2D eigenvalue weighted by molar-refractivity contribution is 7.98. The predicted molar refractivity (Wildman–Crippen MR) is 84.7 cm³/mol. The molecule has 104 valence electrons. The van der Waals surface area contributed by atoms with E-state index < -0.39 is 0 Å². The van der Waals surface area contributed by atoms with E-state index in [0.717, 1.165) is 22.0 Å². The smallest absolute Gasteiger partial charge is 0.259 e. The Kier molecular flexibility index (Phi) is 4.63. The van der Waals surface area contributed by atoms with Gasteiger partial charge in [-0.15, -0.1) is 11.8 Å². The molecule has 0 unspecified atom stereocenters. The van der Waals surface area contributed by atoms with Crippen molar-refractivity contribution in [3.05, 3.63) is 47.8 Å². The van der Waals surface area contributed by atoms with Crippen molar-refractivity contribution < 1.29 is 4.79 Å². The molecule has 1 aromatic carbocycles. The quantitative estimate of drug-likeness (QED) is 0.846. The molecule has 1 aromatic heterocycles. The van der Waals surface area contributed by atoms with E-state index in [4.69, 9.17) is 0 Å². The zero-order chi connectivity index (χ0) is 14.5. The van der Waals surface area contributed by atoms with E-state index in [0.29, 0.717) is 5.56 Å². The molecule has 0 bridgehead atoms. The molecule has 1 heterocycles. The molecule has 5 heteroatoms. The van der Waals surface area contributed by atoms with Crippen LogP contribution in [0, 0.1) is 6.92 Å². The van der Waals surface area contributed by atoms with Gasteiger partial charge in [0.1, 0.15) is 0 Å². The van der Waals surface area contributed by atoms with E-state index >= 15 is 0 Å². The lowest BCUT2D eigenvalue weighted by atomic mass is 10.2. The highest BCUT2D eigenvalue weighted by Gasteiger charge is 2.12. The Morgan fingerprint density at radius 2 is 2.10 bits per heavy atom. The third kappa shape index (κ3) is 3.30. The fourth-order valence-electron chi connectivity index (χ4n) is 1.85. The van der Waals surface area contributed by atoms with Crippen LogP contribution in [0.25, 0.3) is 0 Å². The first-order chi connectivity index (χ1) is 9.63. The maximum absolute atomic E-state index is 12.3. The molecule has 2 aromatic rings. The molecule has 2 N–H and O–H groups in total. The molecular formula is C15H17N3OS. The summed E-state index contributed by atoms with van der Waals surface area (Å²) in [5.41, 5.74) is 2.96. The first-order valence-electron chi connectivity index (χ1n) is 6.24. The zero-order valence-corrected chi connectivity index (χ0v) is 12.5. The number of hydrogen-bond acceptors (Lipinski definition) is 4. The Bertz CT molecular complexity index is 628. The summed E-state index contributed by atoms with van der Waals surface area (Å²) in [5.74, 6) is -0.167. The molecule has 20 heavy (non-hydrogen) atoms. The lowest BCUT2D eigenvalue weighted by Crippen LogP contribution is -2.14. The number of hydrogen-bond donors (Lipinski definition) is 2. The van der Waals surface area contributed by atoms with Crippen LogP contribution in [0.1, 0.15) is 16.1 Å². The van der Waals surface area contributed by atoms with Crippen LogP contribution in [0.15, 0.2) is 41.4 Å². The van der Waals surface area contributed by atoms with Crippen molar-refractivity contribution >= 4 is 29.0 Å². The highest BCUT2D eigenvalue weighted by Crippen LogP contribution is 2.21. The van der Waals surface area contributed by atoms with Gasteiger partial charge in [-0.05, 0) is 37.4 Å². The summed E-state index contributed by atoms with van der Waals surface area (Å²) in [4.78, 5) is 17.6.